The van der Waals surface area contributed by atoms with Crippen LogP contribution in [0.5, 0.6) is 0 Å². The zero-order chi connectivity index (χ0) is 28.7. The molecule has 0 unspecified atom stereocenters. The lowest BCUT2D eigenvalue weighted by Crippen LogP contribution is -2.15. The van der Waals surface area contributed by atoms with Crippen LogP contribution in [-0.4, -0.2) is 15.0 Å². The summed E-state index contributed by atoms with van der Waals surface area (Å²) >= 11 is 0. The molecule has 1 aromatic heterocycles. The Labute approximate surface area is 246 Å². The van der Waals surface area contributed by atoms with Crippen molar-refractivity contribution >= 4 is 22.6 Å². The van der Waals surface area contributed by atoms with E-state index in [-0.39, 0.29) is 5.41 Å². The van der Waals surface area contributed by atoms with Gasteiger partial charge in [0.25, 0.3) is 0 Å². The molecule has 0 atom stereocenters. The smallest absolute Gasteiger partial charge is 0.164 e. The quantitative estimate of drug-likeness (QED) is 0.216. The second kappa shape index (κ2) is 10.3. The van der Waals surface area contributed by atoms with Crippen LogP contribution in [0.4, 0.5) is 17.1 Å². The van der Waals surface area contributed by atoms with Crippen molar-refractivity contribution in [1.29, 1.82) is 0 Å². The first-order chi connectivity index (χ1) is 20.5. The molecule has 5 aromatic rings. The van der Waals surface area contributed by atoms with Crippen LogP contribution in [-0.2, 0) is 5.41 Å². The average Bonchev–Trinajstić information content (AvgIpc) is 3.18. The second-order valence-corrected chi connectivity index (χ2v) is 11.2. The molecule has 3 N–H and O–H groups in total. The van der Waals surface area contributed by atoms with E-state index in [2.05, 4.69) is 55.6 Å². The maximum atomic E-state index is 6.61. The maximum Gasteiger partial charge on any atom is 0.164 e. The van der Waals surface area contributed by atoms with Gasteiger partial charge in [0.15, 0.2) is 17.5 Å². The molecule has 42 heavy (non-hydrogen) atoms. The molecular weight excluding hydrogens is 514 g/mol. The van der Waals surface area contributed by atoms with E-state index in [0.29, 0.717) is 17.5 Å². The van der Waals surface area contributed by atoms with E-state index < -0.39 is 0 Å². The summed E-state index contributed by atoms with van der Waals surface area (Å²) in [6, 6.07) is 32.5. The molecule has 1 heterocycles. The molecule has 0 spiro atoms. The topological polar surface area (TPSA) is 76.7 Å². The number of hydrogen-bond donors (Lipinski definition) is 2. The van der Waals surface area contributed by atoms with Crippen molar-refractivity contribution < 1.29 is 0 Å². The Morgan fingerprint density at radius 3 is 1.88 bits per heavy atom. The molecule has 0 saturated heterocycles. The van der Waals surface area contributed by atoms with E-state index in [1.807, 2.05) is 84.9 Å². The van der Waals surface area contributed by atoms with Gasteiger partial charge < -0.3 is 11.1 Å². The molecule has 5 heteroatoms. The van der Waals surface area contributed by atoms with Gasteiger partial charge in [0.05, 0.1) is 11.4 Å². The third kappa shape index (κ3) is 4.59. The normalized spacial score (nSPS) is 14.8. The van der Waals surface area contributed by atoms with Gasteiger partial charge in [0.1, 0.15) is 0 Å². The molecule has 2 aliphatic carbocycles. The molecule has 2 aliphatic rings. The second-order valence-electron chi connectivity index (χ2n) is 11.2. The van der Waals surface area contributed by atoms with Gasteiger partial charge >= 0.3 is 0 Å². The van der Waals surface area contributed by atoms with Crippen LogP contribution >= 0.6 is 0 Å². The number of hydrogen-bond acceptors (Lipinski definition) is 5. The summed E-state index contributed by atoms with van der Waals surface area (Å²) in [6.07, 6.45) is 9.85. The van der Waals surface area contributed by atoms with Crippen molar-refractivity contribution in [2.45, 2.75) is 25.7 Å². The van der Waals surface area contributed by atoms with Crippen LogP contribution in [0.3, 0.4) is 0 Å². The highest BCUT2D eigenvalue weighted by molar-refractivity contribution is 5.94. The van der Waals surface area contributed by atoms with E-state index in [4.69, 9.17) is 20.7 Å². The molecule has 0 amide bonds. The third-order valence-electron chi connectivity index (χ3n) is 8.10. The number of allylic oxidation sites excluding steroid dienone is 6. The van der Waals surface area contributed by atoms with E-state index >= 15 is 0 Å². The largest absolute Gasteiger partial charge is 0.397 e. The fourth-order valence-corrected chi connectivity index (χ4v) is 5.83. The SMILES string of the molecule is CC1(C)C2=CC=CCC=C2c2cc(Nc3ccc(-c4nc(-c5ccccc5)nc(-c5ccccc5)n4)cc3)c(N)cc21. The monoisotopic (exact) mass is 545 g/mol. The summed E-state index contributed by atoms with van der Waals surface area (Å²) < 4.78 is 0. The van der Waals surface area contributed by atoms with Crippen molar-refractivity contribution in [1.82, 2.24) is 15.0 Å². The Hall–Kier alpha value is -5.29. The van der Waals surface area contributed by atoms with Gasteiger partial charge in [-0.05, 0) is 65.1 Å². The minimum Gasteiger partial charge on any atom is -0.397 e. The number of benzene rings is 4. The van der Waals surface area contributed by atoms with Crippen molar-refractivity contribution in [2.75, 3.05) is 11.1 Å². The lowest BCUT2D eigenvalue weighted by molar-refractivity contribution is 0.661. The number of nitrogens with two attached hydrogens (primary N) is 1. The number of nitrogen functional groups attached to an aromatic ring is 1. The van der Waals surface area contributed by atoms with E-state index in [9.17, 15) is 0 Å². The van der Waals surface area contributed by atoms with E-state index in [1.54, 1.807) is 0 Å². The summed E-state index contributed by atoms with van der Waals surface area (Å²) in [5.41, 5.74) is 17.1. The summed E-state index contributed by atoms with van der Waals surface area (Å²) in [4.78, 5) is 14.5. The lowest BCUT2D eigenvalue weighted by atomic mass is 9.82. The van der Waals surface area contributed by atoms with Crippen LogP contribution < -0.4 is 11.1 Å². The van der Waals surface area contributed by atoms with Gasteiger partial charge in [0.2, 0.25) is 0 Å². The predicted molar refractivity (Wildman–Crippen MR) is 173 cm³/mol. The number of rotatable bonds is 5. The average molecular weight is 546 g/mol. The molecule has 0 fully saturated rings. The molecule has 4 aromatic carbocycles. The van der Waals surface area contributed by atoms with Crippen molar-refractivity contribution in [3.8, 4) is 34.2 Å². The van der Waals surface area contributed by atoms with Crippen LogP contribution in [0.25, 0.3) is 39.7 Å². The first kappa shape index (κ1) is 25.7. The fraction of sp³-hybridized carbons (Fsp3) is 0.108. The highest BCUT2D eigenvalue weighted by Crippen LogP contribution is 2.52. The van der Waals surface area contributed by atoms with Crippen LogP contribution in [0.15, 0.2) is 127 Å². The maximum absolute atomic E-state index is 6.61. The van der Waals surface area contributed by atoms with Gasteiger partial charge in [0, 0.05) is 27.8 Å². The van der Waals surface area contributed by atoms with Gasteiger partial charge in [-0.1, -0.05) is 98.8 Å². The van der Waals surface area contributed by atoms with Crippen molar-refractivity contribution in [2.24, 2.45) is 0 Å². The van der Waals surface area contributed by atoms with Gasteiger partial charge in [-0.15, -0.1) is 0 Å². The highest BCUT2D eigenvalue weighted by Gasteiger charge is 2.38. The number of fused-ring (bicyclic) bond motifs is 3. The summed E-state index contributed by atoms with van der Waals surface area (Å²) in [5.74, 6) is 1.92. The summed E-state index contributed by atoms with van der Waals surface area (Å²) in [7, 11) is 0. The van der Waals surface area contributed by atoms with Gasteiger partial charge in [-0.3, -0.25) is 0 Å². The highest BCUT2D eigenvalue weighted by atomic mass is 15.0. The number of nitrogens with zero attached hydrogens (tertiary/aromatic N) is 3. The van der Waals surface area contributed by atoms with Crippen LogP contribution in [0.2, 0.25) is 0 Å². The molecule has 0 radical (unpaired) electrons. The zero-order valence-electron chi connectivity index (χ0n) is 23.7. The zero-order valence-corrected chi connectivity index (χ0v) is 23.7. The Bertz CT molecular complexity index is 1830. The predicted octanol–water partition coefficient (Wildman–Crippen LogP) is 8.76. The third-order valence-corrected chi connectivity index (χ3v) is 8.10. The first-order valence-corrected chi connectivity index (χ1v) is 14.2. The van der Waals surface area contributed by atoms with Gasteiger partial charge in [-0.2, -0.15) is 0 Å². The van der Waals surface area contributed by atoms with Gasteiger partial charge in [-0.25, -0.2) is 15.0 Å². The summed E-state index contributed by atoms with van der Waals surface area (Å²) in [6.45, 7) is 4.55. The number of nitrogens with one attached hydrogen (secondary N) is 1. The Kier molecular flexibility index (Phi) is 6.28. The van der Waals surface area contributed by atoms with Crippen LogP contribution in [0.1, 0.15) is 31.4 Å². The van der Waals surface area contributed by atoms with E-state index in [1.165, 1.54) is 22.3 Å². The molecule has 204 valence electrons. The molecule has 5 nitrogen and oxygen atoms in total. The fourth-order valence-electron chi connectivity index (χ4n) is 5.83. The van der Waals surface area contributed by atoms with E-state index in [0.717, 1.165) is 40.2 Å². The Morgan fingerprint density at radius 1 is 0.714 bits per heavy atom. The minimum absolute atomic E-state index is 0.0914. The lowest BCUT2D eigenvalue weighted by Gasteiger charge is -2.22. The van der Waals surface area contributed by atoms with Crippen LogP contribution in [0, 0.1) is 0 Å². The molecule has 7 rings (SSSR count). The minimum atomic E-state index is -0.0914. The summed E-state index contributed by atoms with van der Waals surface area (Å²) in [5, 5.41) is 3.55. The molecule has 0 saturated carbocycles. The Balaban J connectivity index is 1.22. The van der Waals surface area contributed by atoms with Crippen molar-refractivity contribution in [3.63, 3.8) is 0 Å². The number of aromatic nitrogens is 3. The molecular formula is C37H31N5. The first-order valence-electron chi connectivity index (χ1n) is 14.2. The Morgan fingerprint density at radius 2 is 1.29 bits per heavy atom. The van der Waals surface area contributed by atoms with Crippen molar-refractivity contribution in [3.05, 3.63) is 138 Å². The molecule has 0 bridgehead atoms. The number of anilines is 3. The molecule has 0 aliphatic heterocycles. The standard InChI is InChI=1S/C37H31N5/c1-37(2)30-17-11-5-10-16-28(30)29-22-33(32(38)23-31(29)37)39-27-20-18-26(19-21-27)36-41-34(24-12-6-3-7-13-24)40-35(42-36)25-14-8-4-9-15-25/h3-9,11-23,39H,10,38H2,1-2H3.